The van der Waals surface area contributed by atoms with Crippen molar-refractivity contribution in [3.63, 3.8) is 0 Å². The Morgan fingerprint density at radius 3 is 2.50 bits per heavy atom. The van der Waals surface area contributed by atoms with Gasteiger partial charge >= 0.3 is 0 Å². The second-order valence-electron chi connectivity index (χ2n) is 5.33. The number of carbonyl (C=O) groups excluding carboxylic acids is 2. The van der Waals surface area contributed by atoms with Gasteiger partial charge in [0.1, 0.15) is 5.75 Å². The van der Waals surface area contributed by atoms with Gasteiger partial charge in [-0.25, -0.2) is 0 Å². The van der Waals surface area contributed by atoms with E-state index in [2.05, 4.69) is 15.9 Å². The van der Waals surface area contributed by atoms with Crippen molar-refractivity contribution in [1.82, 2.24) is 4.57 Å². The van der Waals surface area contributed by atoms with Crippen LogP contribution >= 0.6 is 15.9 Å². The smallest absolute Gasteiger partial charge is 0.262 e. The third-order valence-corrected chi connectivity index (χ3v) is 4.58. The Bertz CT molecular complexity index is 976. The molecule has 0 saturated carbocycles. The summed E-state index contributed by atoms with van der Waals surface area (Å²) >= 11 is 3.38. The second-order valence-corrected chi connectivity index (χ2v) is 6.19. The molecule has 2 N–H and O–H groups in total. The number of hydrogen-bond donors (Lipinski definition) is 1. The summed E-state index contributed by atoms with van der Waals surface area (Å²) in [6.45, 7) is 1.72. The minimum Gasteiger partial charge on any atom is -0.496 e. The quantitative estimate of drug-likeness (QED) is 0.748. The number of nitrogens with two attached hydrogens (primary N) is 1. The molecule has 5 nitrogen and oxygen atoms in total. The van der Waals surface area contributed by atoms with Crippen LogP contribution < -0.4 is 10.5 Å². The highest BCUT2D eigenvalue weighted by atomic mass is 79.9. The van der Waals surface area contributed by atoms with Gasteiger partial charge in [-0.15, -0.1) is 0 Å². The van der Waals surface area contributed by atoms with E-state index in [0.29, 0.717) is 37.9 Å². The van der Waals surface area contributed by atoms with E-state index in [-0.39, 0.29) is 5.91 Å². The molecule has 0 radical (unpaired) electrons. The molecule has 6 heteroatoms. The molecule has 0 aliphatic carbocycles. The fourth-order valence-electron chi connectivity index (χ4n) is 2.87. The summed E-state index contributed by atoms with van der Waals surface area (Å²) in [7, 11) is 1.56. The van der Waals surface area contributed by atoms with Crippen LogP contribution in [0.5, 0.6) is 5.75 Å². The lowest BCUT2D eigenvalue weighted by Crippen LogP contribution is -2.16. The van der Waals surface area contributed by atoms with Crippen LogP contribution in [0.25, 0.3) is 10.9 Å². The topological polar surface area (TPSA) is 74.3 Å². The van der Waals surface area contributed by atoms with Gasteiger partial charge < -0.3 is 10.5 Å². The molecule has 1 heterocycles. The number of ether oxygens (including phenoxy) is 1. The molecule has 0 aliphatic heterocycles. The third-order valence-electron chi connectivity index (χ3n) is 3.96. The van der Waals surface area contributed by atoms with E-state index < -0.39 is 5.91 Å². The SMILES string of the molecule is COc1ccc(C(=O)n2c(C)c(C(N)=O)c3ccccc32)cc1Br. The van der Waals surface area contributed by atoms with Crippen molar-refractivity contribution in [1.29, 1.82) is 0 Å². The van der Waals surface area contributed by atoms with Gasteiger partial charge in [0.05, 0.1) is 22.7 Å². The number of amides is 1. The molecule has 0 atom stereocenters. The van der Waals surface area contributed by atoms with E-state index in [1.54, 1.807) is 44.4 Å². The molecule has 0 fully saturated rings. The lowest BCUT2D eigenvalue weighted by molar-refractivity contribution is 0.0963. The van der Waals surface area contributed by atoms with E-state index >= 15 is 0 Å². The van der Waals surface area contributed by atoms with Crippen molar-refractivity contribution in [2.75, 3.05) is 7.11 Å². The van der Waals surface area contributed by atoms with Crippen LogP contribution in [-0.4, -0.2) is 23.5 Å². The number of methoxy groups -OCH3 is 1. The summed E-state index contributed by atoms with van der Waals surface area (Å²) in [6, 6.07) is 12.3. The van der Waals surface area contributed by atoms with E-state index in [1.807, 2.05) is 12.1 Å². The van der Waals surface area contributed by atoms with Crippen LogP contribution in [0.3, 0.4) is 0 Å². The Labute approximate surface area is 147 Å². The minimum atomic E-state index is -0.550. The van der Waals surface area contributed by atoms with Gasteiger partial charge in [-0.05, 0) is 47.1 Å². The van der Waals surface area contributed by atoms with Gasteiger partial charge in [-0.2, -0.15) is 0 Å². The summed E-state index contributed by atoms with van der Waals surface area (Å²) in [5, 5.41) is 0.670. The van der Waals surface area contributed by atoms with E-state index in [1.165, 1.54) is 4.57 Å². The van der Waals surface area contributed by atoms with Gasteiger partial charge in [-0.1, -0.05) is 18.2 Å². The molecule has 1 amide bonds. The minimum absolute atomic E-state index is 0.237. The van der Waals surface area contributed by atoms with Gasteiger partial charge in [0.25, 0.3) is 11.8 Å². The number of fused-ring (bicyclic) bond motifs is 1. The molecule has 0 unspecified atom stereocenters. The van der Waals surface area contributed by atoms with Crippen molar-refractivity contribution in [3.8, 4) is 5.75 Å². The first kappa shape index (κ1) is 16.3. The van der Waals surface area contributed by atoms with E-state index in [4.69, 9.17) is 10.5 Å². The molecule has 0 bridgehead atoms. The number of primary amides is 1. The Hall–Kier alpha value is -2.60. The summed E-state index contributed by atoms with van der Waals surface area (Å²) in [5.41, 5.74) is 7.53. The number of carbonyl (C=O) groups is 2. The van der Waals surface area contributed by atoms with Crippen molar-refractivity contribution in [3.05, 3.63) is 63.8 Å². The van der Waals surface area contributed by atoms with Crippen LogP contribution in [0.4, 0.5) is 0 Å². The monoisotopic (exact) mass is 386 g/mol. The normalized spacial score (nSPS) is 10.8. The lowest BCUT2D eigenvalue weighted by atomic mass is 10.1. The number of rotatable bonds is 3. The first-order valence-electron chi connectivity index (χ1n) is 7.23. The molecule has 0 aliphatic rings. The van der Waals surface area contributed by atoms with Gasteiger partial charge in [0, 0.05) is 16.6 Å². The maximum absolute atomic E-state index is 13.0. The molecule has 3 aromatic rings. The molecule has 24 heavy (non-hydrogen) atoms. The molecule has 1 aromatic heterocycles. The van der Waals surface area contributed by atoms with Crippen molar-refractivity contribution in [2.45, 2.75) is 6.92 Å². The van der Waals surface area contributed by atoms with Gasteiger partial charge in [0.15, 0.2) is 0 Å². The van der Waals surface area contributed by atoms with Crippen LogP contribution in [0.2, 0.25) is 0 Å². The number of halogens is 1. The molecule has 122 valence electrons. The maximum Gasteiger partial charge on any atom is 0.262 e. The average molecular weight is 387 g/mol. The summed E-state index contributed by atoms with van der Waals surface area (Å²) in [6.07, 6.45) is 0. The third kappa shape index (κ3) is 2.49. The molecule has 0 spiro atoms. The highest BCUT2D eigenvalue weighted by Gasteiger charge is 2.22. The fourth-order valence-corrected chi connectivity index (χ4v) is 3.41. The average Bonchev–Trinajstić information content (AvgIpc) is 2.86. The fraction of sp³-hybridized carbons (Fsp3) is 0.111. The summed E-state index contributed by atoms with van der Waals surface area (Å²) < 4.78 is 7.39. The van der Waals surface area contributed by atoms with E-state index in [0.717, 1.165) is 0 Å². The molecule has 2 aromatic carbocycles. The molecule has 0 saturated heterocycles. The predicted molar refractivity (Wildman–Crippen MR) is 95.6 cm³/mol. The second kappa shape index (κ2) is 6.13. The molecular formula is C18H15BrN2O3. The van der Waals surface area contributed by atoms with E-state index in [9.17, 15) is 9.59 Å². The molecular weight excluding hydrogens is 372 g/mol. The summed E-state index contributed by atoms with van der Waals surface area (Å²) in [4.78, 5) is 24.8. The van der Waals surface area contributed by atoms with Gasteiger partial charge in [-0.3, -0.25) is 14.2 Å². The van der Waals surface area contributed by atoms with Crippen molar-refractivity contribution >= 4 is 38.6 Å². The standard InChI is InChI=1S/C18H15BrN2O3/c1-10-16(17(20)22)12-5-3-4-6-14(12)21(10)18(23)11-7-8-15(24-2)13(19)9-11/h3-9H,1-2H3,(H2,20,22). The maximum atomic E-state index is 13.0. The van der Waals surface area contributed by atoms with Crippen LogP contribution in [0.1, 0.15) is 26.4 Å². The van der Waals surface area contributed by atoms with Gasteiger partial charge in [0.2, 0.25) is 0 Å². The van der Waals surface area contributed by atoms with Crippen molar-refractivity contribution < 1.29 is 14.3 Å². The Morgan fingerprint density at radius 2 is 1.88 bits per heavy atom. The number of nitrogens with zero attached hydrogens (tertiary/aromatic N) is 1. The predicted octanol–water partition coefficient (Wildman–Crippen LogP) is 3.51. The highest BCUT2D eigenvalue weighted by Crippen LogP contribution is 2.29. The van der Waals surface area contributed by atoms with Crippen molar-refractivity contribution in [2.24, 2.45) is 5.73 Å². The first-order valence-corrected chi connectivity index (χ1v) is 8.03. The Kier molecular flexibility index (Phi) is 4.15. The zero-order chi connectivity index (χ0) is 17.4. The molecule has 3 rings (SSSR count). The lowest BCUT2D eigenvalue weighted by Gasteiger charge is -2.09. The summed E-state index contributed by atoms with van der Waals surface area (Å²) in [5.74, 6) is -0.149. The van der Waals surface area contributed by atoms with Crippen LogP contribution in [-0.2, 0) is 0 Å². The number of para-hydroxylation sites is 1. The number of benzene rings is 2. The highest BCUT2D eigenvalue weighted by molar-refractivity contribution is 9.10. The zero-order valence-electron chi connectivity index (χ0n) is 13.2. The largest absolute Gasteiger partial charge is 0.496 e. The van der Waals surface area contributed by atoms with Crippen LogP contribution in [0.15, 0.2) is 46.9 Å². The number of aromatic nitrogens is 1. The Balaban J connectivity index is 2.23. The van der Waals surface area contributed by atoms with Crippen LogP contribution in [0, 0.1) is 6.92 Å². The Morgan fingerprint density at radius 1 is 1.17 bits per heavy atom. The zero-order valence-corrected chi connectivity index (χ0v) is 14.8. The number of hydrogen-bond acceptors (Lipinski definition) is 3. The first-order chi connectivity index (χ1) is 11.5.